The second kappa shape index (κ2) is 2.97. The SMILES string of the molecule is C[C@H]1C=CC[C@@H]2CCCC(=O)[C@@]21C. The second-order valence-corrected chi connectivity index (χ2v) is 4.75. The van der Waals surface area contributed by atoms with Crippen LogP contribution in [0.25, 0.3) is 0 Å². The van der Waals surface area contributed by atoms with Crippen molar-refractivity contribution in [3.05, 3.63) is 12.2 Å². The molecule has 0 heterocycles. The second-order valence-electron chi connectivity index (χ2n) is 4.75. The summed E-state index contributed by atoms with van der Waals surface area (Å²) in [6.07, 6.45) is 8.77. The van der Waals surface area contributed by atoms with Gasteiger partial charge in [-0.15, -0.1) is 0 Å². The van der Waals surface area contributed by atoms with Crippen molar-refractivity contribution in [1.29, 1.82) is 0 Å². The smallest absolute Gasteiger partial charge is 0.139 e. The number of carbonyl (C=O) groups excluding carboxylic acids is 1. The summed E-state index contributed by atoms with van der Waals surface area (Å²) in [4.78, 5) is 11.9. The molecular weight excluding hydrogens is 160 g/mol. The van der Waals surface area contributed by atoms with Gasteiger partial charge in [0.1, 0.15) is 5.78 Å². The number of ketones is 1. The molecule has 1 saturated carbocycles. The molecule has 3 atom stereocenters. The van der Waals surface area contributed by atoms with Crippen molar-refractivity contribution >= 4 is 5.78 Å². The monoisotopic (exact) mass is 178 g/mol. The van der Waals surface area contributed by atoms with Gasteiger partial charge in [0, 0.05) is 11.8 Å². The van der Waals surface area contributed by atoms with Crippen molar-refractivity contribution < 1.29 is 4.79 Å². The molecule has 0 bridgehead atoms. The Labute approximate surface area is 80.2 Å². The van der Waals surface area contributed by atoms with Crippen molar-refractivity contribution in [2.75, 3.05) is 0 Å². The number of Topliss-reactive ketones (excluding diaryl/α,β-unsaturated/α-hetero) is 1. The molecule has 0 aromatic rings. The van der Waals surface area contributed by atoms with Gasteiger partial charge in [0.15, 0.2) is 0 Å². The molecule has 2 aliphatic rings. The first-order valence-corrected chi connectivity index (χ1v) is 5.35. The van der Waals surface area contributed by atoms with Gasteiger partial charge in [-0.3, -0.25) is 4.79 Å². The minimum Gasteiger partial charge on any atom is -0.299 e. The molecule has 0 aromatic carbocycles. The van der Waals surface area contributed by atoms with Crippen LogP contribution in [0.4, 0.5) is 0 Å². The fraction of sp³-hybridized carbons (Fsp3) is 0.750. The van der Waals surface area contributed by atoms with Gasteiger partial charge in [0.05, 0.1) is 0 Å². The maximum atomic E-state index is 11.9. The third-order valence-corrected chi connectivity index (χ3v) is 4.20. The van der Waals surface area contributed by atoms with E-state index in [-0.39, 0.29) is 5.41 Å². The van der Waals surface area contributed by atoms with Crippen LogP contribution in [0.5, 0.6) is 0 Å². The molecule has 0 amide bonds. The first kappa shape index (κ1) is 8.98. The predicted molar refractivity (Wildman–Crippen MR) is 53.4 cm³/mol. The highest BCUT2D eigenvalue weighted by Crippen LogP contribution is 2.48. The van der Waals surface area contributed by atoms with Crippen LogP contribution in [0.15, 0.2) is 12.2 Å². The van der Waals surface area contributed by atoms with Crippen LogP contribution < -0.4 is 0 Å². The van der Waals surface area contributed by atoms with Crippen molar-refractivity contribution in [2.45, 2.75) is 39.5 Å². The van der Waals surface area contributed by atoms with Crippen molar-refractivity contribution in [3.8, 4) is 0 Å². The molecule has 1 fully saturated rings. The van der Waals surface area contributed by atoms with E-state index in [4.69, 9.17) is 0 Å². The molecule has 1 heteroatoms. The topological polar surface area (TPSA) is 17.1 Å². The Morgan fingerprint density at radius 3 is 3.00 bits per heavy atom. The van der Waals surface area contributed by atoms with E-state index in [9.17, 15) is 4.79 Å². The summed E-state index contributed by atoms with van der Waals surface area (Å²) in [5.41, 5.74) is -0.0347. The van der Waals surface area contributed by atoms with Crippen LogP contribution in [0, 0.1) is 17.3 Å². The van der Waals surface area contributed by atoms with E-state index >= 15 is 0 Å². The zero-order valence-electron chi connectivity index (χ0n) is 8.55. The van der Waals surface area contributed by atoms with E-state index in [1.54, 1.807) is 0 Å². The minimum absolute atomic E-state index is 0.0347. The zero-order chi connectivity index (χ0) is 9.47. The molecule has 2 aliphatic carbocycles. The van der Waals surface area contributed by atoms with Gasteiger partial charge >= 0.3 is 0 Å². The lowest BCUT2D eigenvalue weighted by Gasteiger charge is -2.45. The van der Waals surface area contributed by atoms with Gasteiger partial charge in [-0.2, -0.15) is 0 Å². The molecule has 0 aromatic heterocycles. The van der Waals surface area contributed by atoms with Gasteiger partial charge < -0.3 is 0 Å². The summed E-state index contributed by atoms with van der Waals surface area (Å²) >= 11 is 0. The van der Waals surface area contributed by atoms with Gasteiger partial charge in [0.25, 0.3) is 0 Å². The van der Waals surface area contributed by atoms with E-state index in [0.29, 0.717) is 17.6 Å². The highest BCUT2D eigenvalue weighted by atomic mass is 16.1. The molecule has 13 heavy (non-hydrogen) atoms. The highest BCUT2D eigenvalue weighted by Gasteiger charge is 2.46. The maximum Gasteiger partial charge on any atom is 0.139 e. The Bertz CT molecular complexity index is 254. The Morgan fingerprint density at radius 1 is 1.54 bits per heavy atom. The van der Waals surface area contributed by atoms with E-state index in [0.717, 1.165) is 19.3 Å². The normalized spacial score (nSPS) is 44.6. The van der Waals surface area contributed by atoms with Gasteiger partial charge in [-0.25, -0.2) is 0 Å². The largest absolute Gasteiger partial charge is 0.299 e. The molecule has 0 N–H and O–H groups in total. The van der Waals surface area contributed by atoms with Crippen LogP contribution in [-0.2, 0) is 4.79 Å². The summed E-state index contributed by atoms with van der Waals surface area (Å²) in [5.74, 6) is 1.56. The molecule has 2 rings (SSSR count). The lowest BCUT2D eigenvalue weighted by Crippen LogP contribution is -2.45. The molecule has 0 radical (unpaired) electrons. The zero-order valence-corrected chi connectivity index (χ0v) is 8.55. The van der Waals surface area contributed by atoms with E-state index < -0.39 is 0 Å². The van der Waals surface area contributed by atoms with Crippen LogP contribution in [0.3, 0.4) is 0 Å². The lowest BCUT2D eigenvalue weighted by atomic mass is 9.57. The van der Waals surface area contributed by atoms with E-state index in [1.165, 1.54) is 6.42 Å². The third-order valence-electron chi connectivity index (χ3n) is 4.20. The molecule has 0 aliphatic heterocycles. The van der Waals surface area contributed by atoms with Crippen LogP contribution in [-0.4, -0.2) is 5.78 Å². The van der Waals surface area contributed by atoms with E-state index in [1.807, 2.05) is 0 Å². The average molecular weight is 178 g/mol. The fourth-order valence-corrected chi connectivity index (χ4v) is 2.94. The number of carbonyl (C=O) groups is 1. The molecule has 1 nitrogen and oxygen atoms in total. The summed E-state index contributed by atoms with van der Waals surface area (Å²) < 4.78 is 0. The van der Waals surface area contributed by atoms with Gasteiger partial charge in [-0.1, -0.05) is 26.0 Å². The first-order valence-electron chi connectivity index (χ1n) is 5.35. The molecule has 0 saturated heterocycles. The van der Waals surface area contributed by atoms with Crippen LogP contribution in [0.2, 0.25) is 0 Å². The summed E-state index contributed by atoms with van der Waals surface area (Å²) in [7, 11) is 0. The van der Waals surface area contributed by atoms with Crippen molar-refractivity contribution in [3.63, 3.8) is 0 Å². The molecule has 0 unspecified atom stereocenters. The molecule has 72 valence electrons. The Kier molecular flexibility index (Phi) is 2.05. The summed E-state index contributed by atoms with van der Waals surface area (Å²) in [5, 5.41) is 0. The summed E-state index contributed by atoms with van der Waals surface area (Å²) in [6, 6.07) is 0. The molecular formula is C12H18O. The Hall–Kier alpha value is -0.590. The van der Waals surface area contributed by atoms with Crippen molar-refractivity contribution in [2.24, 2.45) is 17.3 Å². The predicted octanol–water partition coefficient (Wildman–Crippen LogP) is 2.96. The highest BCUT2D eigenvalue weighted by molar-refractivity contribution is 5.86. The van der Waals surface area contributed by atoms with Crippen LogP contribution >= 0.6 is 0 Å². The molecule has 0 spiro atoms. The number of hydrogen-bond acceptors (Lipinski definition) is 1. The minimum atomic E-state index is -0.0347. The average Bonchev–Trinajstić information content (AvgIpc) is 2.10. The number of fused-ring (bicyclic) bond motifs is 1. The standard InChI is InChI=1S/C12H18O/c1-9-5-3-6-10-7-4-8-11(13)12(9,10)2/h3,5,9-10H,4,6-8H2,1-2H3/t9-,10+,12+/m0/s1. The number of rotatable bonds is 0. The van der Waals surface area contributed by atoms with Gasteiger partial charge in [-0.05, 0) is 31.1 Å². The van der Waals surface area contributed by atoms with Gasteiger partial charge in [0.2, 0.25) is 0 Å². The maximum absolute atomic E-state index is 11.9. The number of allylic oxidation sites excluding steroid dienone is 2. The van der Waals surface area contributed by atoms with Crippen LogP contribution in [0.1, 0.15) is 39.5 Å². The third kappa shape index (κ3) is 1.17. The number of hydrogen-bond donors (Lipinski definition) is 0. The first-order chi connectivity index (χ1) is 6.15. The Balaban J connectivity index is 2.35. The van der Waals surface area contributed by atoms with E-state index in [2.05, 4.69) is 26.0 Å². The quantitative estimate of drug-likeness (QED) is 0.521. The fourth-order valence-electron chi connectivity index (χ4n) is 2.94. The Morgan fingerprint density at radius 2 is 2.31 bits per heavy atom. The lowest BCUT2D eigenvalue weighted by molar-refractivity contribution is -0.137. The van der Waals surface area contributed by atoms with Crippen molar-refractivity contribution in [1.82, 2.24) is 0 Å². The summed E-state index contributed by atoms with van der Waals surface area (Å²) in [6.45, 7) is 4.36.